The molecular formula is C17H24ClN5. The number of benzene rings is 1. The van der Waals surface area contributed by atoms with Crippen LogP contribution < -0.4 is 10.2 Å². The number of nitrogens with zero attached hydrogens (tertiary/aromatic N) is 4. The molecule has 0 unspecified atom stereocenters. The molecular weight excluding hydrogens is 310 g/mol. The summed E-state index contributed by atoms with van der Waals surface area (Å²) in [6.45, 7) is 10.3. The van der Waals surface area contributed by atoms with Crippen molar-refractivity contribution in [2.75, 3.05) is 23.3 Å². The maximum absolute atomic E-state index is 6.34. The van der Waals surface area contributed by atoms with Gasteiger partial charge in [-0.25, -0.2) is 0 Å². The predicted octanol–water partition coefficient (Wildman–Crippen LogP) is 4.51. The van der Waals surface area contributed by atoms with Crippen molar-refractivity contribution in [1.82, 2.24) is 15.2 Å². The number of aromatic nitrogens is 3. The monoisotopic (exact) mass is 333 g/mol. The Morgan fingerprint density at radius 1 is 1.13 bits per heavy atom. The van der Waals surface area contributed by atoms with E-state index in [0.717, 1.165) is 48.6 Å². The molecule has 0 amide bonds. The minimum atomic E-state index is 0.466. The van der Waals surface area contributed by atoms with Crippen molar-refractivity contribution in [1.29, 1.82) is 0 Å². The fourth-order valence-corrected chi connectivity index (χ4v) is 2.94. The van der Waals surface area contributed by atoms with E-state index in [9.17, 15) is 0 Å². The van der Waals surface area contributed by atoms with Gasteiger partial charge in [-0.05, 0) is 43.9 Å². The zero-order valence-corrected chi connectivity index (χ0v) is 15.0. The third-order valence-corrected chi connectivity index (χ3v) is 3.82. The average Bonchev–Trinajstić information content (AvgIpc) is 2.51. The fraction of sp³-hybridized carbons (Fsp3) is 0.471. The number of halogens is 1. The summed E-state index contributed by atoms with van der Waals surface area (Å²) in [7, 11) is 0. The molecule has 0 saturated carbocycles. The van der Waals surface area contributed by atoms with Crippen LogP contribution in [0.2, 0.25) is 5.02 Å². The molecule has 5 nitrogen and oxygen atoms in total. The summed E-state index contributed by atoms with van der Waals surface area (Å²) in [6, 6.07) is 4.00. The van der Waals surface area contributed by atoms with Gasteiger partial charge in [0.2, 0.25) is 5.95 Å². The molecule has 0 bridgehead atoms. The molecule has 124 valence electrons. The van der Waals surface area contributed by atoms with Crippen LogP contribution in [-0.2, 0) is 0 Å². The Morgan fingerprint density at radius 2 is 1.83 bits per heavy atom. The summed E-state index contributed by atoms with van der Waals surface area (Å²) in [6.07, 6.45) is 3.84. The summed E-state index contributed by atoms with van der Waals surface area (Å²) < 4.78 is 0. The zero-order valence-electron chi connectivity index (χ0n) is 14.2. The molecule has 23 heavy (non-hydrogen) atoms. The Kier molecular flexibility index (Phi) is 6.16. The fourth-order valence-electron chi connectivity index (χ4n) is 2.57. The van der Waals surface area contributed by atoms with Gasteiger partial charge < -0.3 is 10.2 Å². The maximum atomic E-state index is 6.34. The van der Waals surface area contributed by atoms with Crippen molar-refractivity contribution in [3.05, 3.63) is 34.5 Å². The molecule has 0 spiro atoms. The van der Waals surface area contributed by atoms with E-state index in [1.165, 1.54) is 0 Å². The van der Waals surface area contributed by atoms with Crippen LogP contribution in [0.5, 0.6) is 0 Å². The van der Waals surface area contributed by atoms with Gasteiger partial charge in [0.25, 0.3) is 0 Å². The van der Waals surface area contributed by atoms with Gasteiger partial charge in [0.15, 0.2) is 5.82 Å². The first kappa shape index (κ1) is 17.5. The van der Waals surface area contributed by atoms with Crippen molar-refractivity contribution < 1.29 is 0 Å². The Bertz CT molecular complexity index is 630. The van der Waals surface area contributed by atoms with Gasteiger partial charge in [0.05, 0.1) is 16.9 Å². The number of aryl methyl sites for hydroxylation is 2. The van der Waals surface area contributed by atoms with E-state index in [-0.39, 0.29) is 0 Å². The second-order valence-electron chi connectivity index (χ2n) is 5.69. The van der Waals surface area contributed by atoms with Gasteiger partial charge in [-0.1, -0.05) is 31.5 Å². The highest BCUT2D eigenvalue weighted by atomic mass is 35.5. The van der Waals surface area contributed by atoms with Gasteiger partial charge in [-0.2, -0.15) is 10.1 Å². The molecule has 6 heteroatoms. The minimum absolute atomic E-state index is 0.466. The van der Waals surface area contributed by atoms with E-state index in [4.69, 9.17) is 11.6 Å². The summed E-state index contributed by atoms with van der Waals surface area (Å²) in [5.74, 6) is 1.31. The van der Waals surface area contributed by atoms with Crippen LogP contribution in [0.4, 0.5) is 17.5 Å². The topological polar surface area (TPSA) is 53.9 Å². The van der Waals surface area contributed by atoms with Crippen LogP contribution in [0, 0.1) is 13.8 Å². The van der Waals surface area contributed by atoms with Crippen molar-refractivity contribution in [3.8, 4) is 0 Å². The van der Waals surface area contributed by atoms with E-state index in [2.05, 4.69) is 45.3 Å². The molecule has 1 aromatic carbocycles. The van der Waals surface area contributed by atoms with Gasteiger partial charge >= 0.3 is 0 Å². The number of hydrogen-bond acceptors (Lipinski definition) is 5. The van der Waals surface area contributed by atoms with E-state index >= 15 is 0 Å². The SMILES string of the molecule is CCCN(CCC)c1cnnc(Nc2c(C)cc(C)cc2Cl)n1. The lowest BCUT2D eigenvalue weighted by Gasteiger charge is -2.22. The van der Waals surface area contributed by atoms with Crippen molar-refractivity contribution in [3.63, 3.8) is 0 Å². The highest BCUT2D eigenvalue weighted by Crippen LogP contribution is 2.29. The first-order valence-corrected chi connectivity index (χ1v) is 8.41. The highest BCUT2D eigenvalue weighted by molar-refractivity contribution is 6.33. The van der Waals surface area contributed by atoms with Crippen LogP contribution in [0.15, 0.2) is 18.3 Å². The normalized spacial score (nSPS) is 10.7. The van der Waals surface area contributed by atoms with Crippen LogP contribution >= 0.6 is 11.6 Å². The number of hydrogen-bond donors (Lipinski definition) is 1. The summed E-state index contributed by atoms with van der Waals surface area (Å²) in [5.41, 5.74) is 3.01. The predicted molar refractivity (Wildman–Crippen MR) is 96.8 cm³/mol. The standard InChI is InChI=1S/C17H24ClN5/c1-5-7-23(8-6-2)15-11-19-22-17(20-15)21-16-13(4)9-12(3)10-14(16)18/h9-11H,5-8H2,1-4H3,(H,20,21,22). The van der Waals surface area contributed by atoms with Gasteiger partial charge in [-0.3, -0.25) is 0 Å². The van der Waals surface area contributed by atoms with Crippen molar-refractivity contribution in [2.24, 2.45) is 0 Å². The smallest absolute Gasteiger partial charge is 0.249 e. The molecule has 0 aliphatic carbocycles. The van der Waals surface area contributed by atoms with Crippen molar-refractivity contribution in [2.45, 2.75) is 40.5 Å². The lowest BCUT2D eigenvalue weighted by Crippen LogP contribution is -2.26. The molecule has 0 radical (unpaired) electrons. The third-order valence-electron chi connectivity index (χ3n) is 3.53. The van der Waals surface area contributed by atoms with Crippen LogP contribution in [-0.4, -0.2) is 28.3 Å². The van der Waals surface area contributed by atoms with E-state index < -0.39 is 0 Å². The molecule has 1 heterocycles. The van der Waals surface area contributed by atoms with Gasteiger partial charge in [0, 0.05) is 13.1 Å². The third kappa shape index (κ3) is 4.55. The minimum Gasteiger partial charge on any atom is -0.355 e. The molecule has 0 fully saturated rings. The second kappa shape index (κ2) is 8.11. The lowest BCUT2D eigenvalue weighted by molar-refractivity contribution is 0.728. The summed E-state index contributed by atoms with van der Waals surface area (Å²) in [4.78, 5) is 6.82. The number of rotatable bonds is 7. The summed E-state index contributed by atoms with van der Waals surface area (Å²) in [5, 5.41) is 12.0. The first-order valence-electron chi connectivity index (χ1n) is 8.03. The molecule has 1 aromatic heterocycles. The molecule has 0 saturated heterocycles. The largest absolute Gasteiger partial charge is 0.355 e. The number of anilines is 3. The summed E-state index contributed by atoms with van der Waals surface area (Å²) >= 11 is 6.34. The Morgan fingerprint density at radius 3 is 2.43 bits per heavy atom. The second-order valence-corrected chi connectivity index (χ2v) is 6.10. The molecule has 0 aliphatic heterocycles. The van der Waals surface area contributed by atoms with Gasteiger partial charge in [-0.15, -0.1) is 5.10 Å². The Labute approximate surface area is 143 Å². The van der Waals surface area contributed by atoms with Gasteiger partial charge in [0.1, 0.15) is 0 Å². The first-order chi connectivity index (χ1) is 11.0. The number of nitrogens with one attached hydrogen (secondary N) is 1. The van der Waals surface area contributed by atoms with Crippen LogP contribution in [0.25, 0.3) is 0 Å². The Hall–Kier alpha value is -1.88. The molecule has 2 rings (SSSR count). The Balaban J connectivity index is 2.26. The zero-order chi connectivity index (χ0) is 16.8. The van der Waals surface area contributed by atoms with E-state index in [1.807, 2.05) is 19.9 Å². The van der Waals surface area contributed by atoms with Crippen LogP contribution in [0.1, 0.15) is 37.8 Å². The molecule has 1 N–H and O–H groups in total. The lowest BCUT2D eigenvalue weighted by atomic mass is 10.1. The quantitative estimate of drug-likeness (QED) is 0.807. The van der Waals surface area contributed by atoms with E-state index in [0.29, 0.717) is 11.0 Å². The molecule has 0 aliphatic rings. The molecule has 0 atom stereocenters. The molecule has 2 aromatic rings. The maximum Gasteiger partial charge on any atom is 0.249 e. The van der Waals surface area contributed by atoms with E-state index in [1.54, 1.807) is 6.20 Å². The highest BCUT2D eigenvalue weighted by Gasteiger charge is 2.11. The van der Waals surface area contributed by atoms with Crippen molar-refractivity contribution >= 4 is 29.1 Å². The van der Waals surface area contributed by atoms with Crippen LogP contribution in [0.3, 0.4) is 0 Å². The average molecular weight is 334 g/mol.